The van der Waals surface area contributed by atoms with Gasteiger partial charge in [0.05, 0.1) is 0 Å². The van der Waals surface area contributed by atoms with Gasteiger partial charge in [0.2, 0.25) is 0 Å². The molecular formula is C14H22N2O. The Balaban J connectivity index is 2.92. The zero-order valence-electron chi connectivity index (χ0n) is 11.4. The summed E-state index contributed by atoms with van der Waals surface area (Å²) < 4.78 is 0. The van der Waals surface area contributed by atoms with E-state index in [4.69, 9.17) is 0 Å². The van der Waals surface area contributed by atoms with Crippen LogP contribution in [-0.2, 0) is 0 Å². The maximum Gasteiger partial charge on any atom is 0.169 e. The Kier molecular flexibility index (Phi) is 4.27. The Morgan fingerprint density at radius 2 is 1.82 bits per heavy atom. The van der Waals surface area contributed by atoms with E-state index < -0.39 is 0 Å². The molecule has 1 rings (SSSR count). The summed E-state index contributed by atoms with van der Waals surface area (Å²) in [5.74, 6) is 1.07. The summed E-state index contributed by atoms with van der Waals surface area (Å²) in [5.41, 5.74) is 0.340. The summed E-state index contributed by atoms with van der Waals surface area (Å²) >= 11 is 0. The van der Waals surface area contributed by atoms with Gasteiger partial charge in [-0.05, 0) is 26.0 Å². The molecule has 0 aliphatic rings. The molecule has 0 unspecified atom stereocenters. The van der Waals surface area contributed by atoms with Crippen LogP contribution in [0.3, 0.4) is 0 Å². The molecule has 1 aromatic heterocycles. The second-order valence-electron chi connectivity index (χ2n) is 5.16. The van der Waals surface area contributed by atoms with Crippen molar-refractivity contribution in [2.75, 3.05) is 18.0 Å². The van der Waals surface area contributed by atoms with Crippen LogP contribution in [0.1, 0.15) is 45.0 Å². The van der Waals surface area contributed by atoms with Gasteiger partial charge in [0.1, 0.15) is 5.82 Å². The first kappa shape index (κ1) is 13.7. The summed E-state index contributed by atoms with van der Waals surface area (Å²) in [6.45, 7) is 11.8. The summed E-state index contributed by atoms with van der Waals surface area (Å²) in [6, 6.07) is 3.79. The highest BCUT2D eigenvalue weighted by Crippen LogP contribution is 2.21. The van der Waals surface area contributed by atoms with Gasteiger partial charge in [-0.25, -0.2) is 4.98 Å². The van der Waals surface area contributed by atoms with Gasteiger partial charge in [-0.1, -0.05) is 20.8 Å². The third kappa shape index (κ3) is 3.29. The number of anilines is 1. The van der Waals surface area contributed by atoms with E-state index in [9.17, 15) is 4.79 Å². The SMILES string of the molecule is CCN(CC)c1ccc(C(=O)C(C)(C)C)cn1. The van der Waals surface area contributed by atoms with E-state index in [0.717, 1.165) is 18.9 Å². The van der Waals surface area contributed by atoms with Gasteiger partial charge < -0.3 is 4.90 Å². The van der Waals surface area contributed by atoms with Crippen molar-refractivity contribution >= 4 is 11.6 Å². The largest absolute Gasteiger partial charge is 0.357 e. The van der Waals surface area contributed by atoms with E-state index in [1.165, 1.54) is 0 Å². The lowest BCUT2D eigenvalue weighted by Crippen LogP contribution is -2.24. The maximum atomic E-state index is 12.0. The van der Waals surface area contributed by atoms with Gasteiger partial charge in [-0.2, -0.15) is 0 Å². The fourth-order valence-corrected chi connectivity index (χ4v) is 1.69. The Morgan fingerprint density at radius 3 is 2.18 bits per heavy atom. The number of nitrogens with zero attached hydrogens (tertiary/aromatic N) is 2. The second kappa shape index (κ2) is 5.30. The van der Waals surface area contributed by atoms with E-state index in [2.05, 4.69) is 23.7 Å². The highest BCUT2D eigenvalue weighted by atomic mass is 16.1. The molecule has 0 saturated carbocycles. The number of aromatic nitrogens is 1. The number of carbonyl (C=O) groups is 1. The summed E-state index contributed by atoms with van der Waals surface area (Å²) in [6.07, 6.45) is 1.68. The average Bonchev–Trinajstić information content (AvgIpc) is 2.29. The van der Waals surface area contributed by atoms with Gasteiger partial charge >= 0.3 is 0 Å². The number of hydrogen-bond donors (Lipinski definition) is 0. The quantitative estimate of drug-likeness (QED) is 0.750. The van der Waals surface area contributed by atoms with Gasteiger partial charge in [0.25, 0.3) is 0 Å². The number of carbonyl (C=O) groups excluding carboxylic acids is 1. The van der Waals surface area contributed by atoms with E-state index in [-0.39, 0.29) is 11.2 Å². The number of rotatable bonds is 4. The number of Topliss-reactive ketones (excluding diaryl/α,β-unsaturated/α-hetero) is 1. The standard InChI is InChI=1S/C14H22N2O/c1-6-16(7-2)12-9-8-11(10-15-12)13(17)14(3,4)5/h8-10H,6-7H2,1-5H3. The van der Waals surface area contributed by atoms with E-state index in [1.807, 2.05) is 32.9 Å². The molecule has 0 aromatic carbocycles. The molecule has 0 fully saturated rings. The lowest BCUT2D eigenvalue weighted by atomic mass is 9.87. The normalized spacial score (nSPS) is 11.4. The van der Waals surface area contributed by atoms with Crippen LogP contribution in [0.5, 0.6) is 0 Å². The summed E-state index contributed by atoms with van der Waals surface area (Å²) in [4.78, 5) is 18.6. The molecule has 3 heteroatoms. The number of ketones is 1. The molecule has 0 bridgehead atoms. The minimum Gasteiger partial charge on any atom is -0.357 e. The van der Waals surface area contributed by atoms with Crippen molar-refractivity contribution in [3.05, 3.63) is 23.9 Å². The van der Waals surface area contributed by atoms with Crippen molar-refractivity contribution in [3.63, 3.8) is 0 Å². The zero-order valence-corrected chi connectivity index (χ0v) is 11.4. The molecular weight excluding hydrogens is 212 g/mol. The third-order valence-electron chi connectivity index (χ3n) is 2.78. The first-order valence-electron chi connectivity index (χ1n) is 6.16. The van der Waals surface area contributed by atoms with Crippen LogP contribution in [-0.4, -0.2) is 23.9 Å². The van der Waals surface area contributed by atoms with Crippen molar-refractivity contribution in [1.82, 2.24) is 4.98 Å². The third-order valence-corrected chi connectivity index (χ3v) is 2.78. The van der Waals surface area contributed by atoms with Crippen LogP contribution in [0.15, 0.2) is 18.3 Å². The molecule has 0 aliphatic heterocycles. The van der Waals surface area contributed by atoms with Gasteiger partial charge in [0, 0.05) is 30.3 Å². The molecule has 0 atom stereocenters. The highest BCUT2D eigenvalue weighted by molar-refractivity contribution is 5.99. The molecule has 0 aliphatic carbocycles. The van der Waals surface area contributed by atoms with E-state index in [0.29, 0.717) is 5.56 Å². The fourth-order valence-electron chi connectivity index (χ4n) is 1.69. The molecule has 94 valence electrons. The van der Waals surface area contributed by atoms with Crippen LogP contribution in [0.4, 0.5) is 5.82 Å². The van der Waals surface area contributed by atoms with Crippen LogP contribution in [0, 0.1) is 5.41 Å². The molecule has 3 nitrogen and oxygen atoms in total. The summed E-state index contributed by atoms with van der Waals surface area (Å²) in [7, 11) is 0. The smallest absolute Gasteiger partial charge is 0.169 e. The minimum atomic E-state index is -0.349. The zero-order chi connectivity index (χ0) is 13.1. The monoisotopic (exact) mass is 234 g/mol. The van der Waals surface area contributed by atoms with E-state index in [1.54, 1.807) is 6.20 Å². The lowest BCUT2D eigenvalue weighted by Gasteiger charge is -2.20. The van der Waals surface area contributed by atoms with Crippen molar-refractivity contribution in [1.29, 1.82) is 0 Å². The predicted molar refractivity (Wildman–Crippen MR) is 71.6 cm³/mol. The molecule has 0 amide bonds. The topological polar surface area (TPSA) is 33.2 Å². The molecule has 0 radical (unpaired) electrons. The number of pyridine rings is 1. The molecule has 0 saturated heterocycles. The molecule has 0 spiro atoms. The van der Waals surface area contributed by atoms with Gasteiger partial charge in [-0.15, -0.1) is 0 Å². The predicted octanol–water partition coefficient (Wildman–Crippen LogP) is 3.16. The van der Waals surface area contributed by atoms with Gasteiger partial charge in [-0.3, -0.25) is 4.79 Å². The highest BCUT2D eigenvalue weighted by Gasteiger charge is 2.23. The van der Waals surface area contributed by atoms with Crippen molar-refractivity contribution in [2.24, 2.45) is 5.41 Å². The summed E-state index contributed by atoms with van der Waals surface area (Å²) in [5, 5.41) is 0. The van der Waals surface area contributed by atoms with Crippen LogP contribution < -0.4 is 4.90 Å². The van der Waals surface area contributed by atoms with Crippen molar-refractivity contribution < 1.29 is 4.79 Å². The molecule has 0 N–H and O–H groups in total. The second-order valence-corrected chi connectivity index (χ2v) is 5.16. The Morgan fingerprint density at radius 1 is 1.24 bits per heavy atom. The minimum absolute atomic E-state index is 0.135. The average molecular weight is 234 g/mol. The Labute approximate surface area is 104 Å². The van der Waals surface area contributed by atoms with Crippen LogP contribution >= 0.6 is 0 Å². The molecule has 17 heavy (non-hydrogen) atoms. The Bertz CT molecular complexity index is 372. The van der Waals surface area contributed by atoms with E-state index >= 15 is 0 Å². The molecule has 1 heterocycles. The van der Waals surface area contributed by atoms with Crippen LogP contribution in [0.25, 0.3) is 0 Å². The van der Waals surface area contributed by atoms with Crippen LogP contribution in [0.2, 0.25) is 0 Å². The molecule has 1 aromatic rings. The number of hydrogen-bond acceptors (Lipinski definition) is 3. The van der Waals surface area contributed by atoms with Crippen molar-refractivity contribution in [3.8, 4) is 0 Å². The fraction of sp³-hybridized carbons (Fsp3) is 0.571. The van der Waals surface area contributed by atoms with Gasteiger partial charge in [0.15, 0.2) is 5.78 Å². The lowest BCUT2D eigenvalue weighted by molar-refractivity contribution is 0.0858. The van der Waals surface area contributed by atoms with Crippen molar-refractivity contribution in [2.45, 2.75) is 34.6 Å². The first-order valence-corrected chi connectivity index (χ1v) is 6.16. The maximum absolute atomic E-state index is 12.0. The Hall–Kier alpha value is -1.38. The first-order chi connectivity index (χ1) is 7.90.